The Morgan fingerprint density at radius 1 is 1.25 bits per heavy atom. The number of ether oxygens (including phenoxy) is 2. The number of methoxy groups -OCH3 is 1. The van der Waals surface area contributed by atoms with Crippen LogP contribution in [-0.2, 0) is 23.3 Å². The third-order valence-electron chi connectivity index (χ3n) is 6.37. The quantitative estimate of drug-likeness (QED) is 0.443. The fourth-order valence-corrected chi connectivity index (χ4v) is 4.39. The smallest absolute Gasteiger partial charge is 0.251 e. The zero-order valence-electron chi connectivity index (χ0n) is 19.8. The van der Waals surface area contributed by atoms with Gasteiger partial charge >= 0.3 is 0 Å². The highest BCUT2D eigenvalue weighted by molar-refractivity contribution is 5.94. The number of carbonyl (C=O) groups excluding carboxylic acids is 1. The van der Waals surface area contributed by atoms with E-state index in [-0.39, 0.29) is 18.2 Å². The van der Waals surface area contributed by atoms with E-state index in [4.69, 9.17) is 9.47 Å². The number of fused-ring (bicyclic) bond motifs is 2. The highest BCUT2D eigenvalue weighted by Crippen LogP contribution is 2.33. The summed E-state index contributed by atoms with van der Waals surface area (Å²) >= 11 is 0. The van der Waals surface area contributed by atoms with E-state index in [9.17, 15) is 14.4 Å². The van der Waals surface area contributed by atoms with Crippen molar-refractivity contribution < 1.29 is 18.7 Å². The van der Waals surface area contributed by atoms with Crippen molar-refractivity contribution in [2.75, 3.05) is 13.7 Å². The first kappa shape index (κ1) is 23.4. The Bertz CT molecular complexity index is 1530. The number of hydrogen-bond acceptors (Lipinski definition) is 6. The summed E-state index contributed by atoms with van der Waals surface area (Å²) in [5, 5.41) is 13.3. The molecule has 0 unspecified atom stereocenters. The van der Waals surface area contributed by atoms with Crippen LogP contribution >= 0.6 is 0 Å². The van der Waals surface area contributed by atoms with Crippen molar-refractivity contribution in [1.29, 1.82) is 5.26 Å². The van der Waals surface area contributed by atoms with Gasteiger partial charge < -0.3 is 14.8 Å². The minimum absolute atomic E-state index is 0.134. The first-order valence-electron chi connectivity index (χ1n) is 11.4. The summed E-state index contributed by atoms with van der Waals surface area (Å²) in [6.07, 6.45) is 1.69. The number of benzene rings is 2. The third-order valence-corrected chi connectivity index (χ3v) is 6.37. The third kappa shape index (κ3) is 4.25. The number of halogens is 1. The van der Waals surface area contributed by atoms with Gasteiger partial charge in [-0.1, -0.05) is 12.1 Å². The van der Waals surface area contributed by atoms with Gasteiger partial charge in [-0.15, -0.1) is 0 Å². The second-order valence-corrected chi connectivity index (χ2v) is 8.88. The van der Waals surface area contributed by atoms with Crippen LogP contribution in [0.4, 0.5) is 4.39 Å². The van der Waals surface area contributed by atoms with Crippen molar-refractivity contribution in [3.63, 3.8) is 0 Å². The largest absolute Gasteiger partial charge is 0.493 e. The minimum Gasteiger partial charge on any atom is -0.493 e. The number of amides is 1. The standard InChI is InChI=1S/C28H23FN4O3/c1-28(15-30)16-36-14-19-7-6-17(10-22(19)28)27(34)32-13-20-11-25-18(12-31-20)8-9-24(33-25)21-4-3-5-23(29)26(21)35-2/h3-12H,13-14,16H2,1-2H3,(H,32,34)/t28-/m1/s1. The number of carbonyl (C=O) groups is 1. The summed E-state index contributed by atoms with van der Waals surface area (Å²) in [5.74, 6) is -0.590. The average molecular weight is 483 g/mol. The van der Waals surface area contributed by atoms with Gasteiger partial charge in [-0.05, 0) is 60.5 Å². The van der Waals surface area contributed by atoms with Crippen LogP contribution in [0.15, 0.2) is 60.8 Å². The molecule has 180 valence electrons. The number of nitrogens with zero attached hydrogens (tertiary/aromatic N) is 3. The van der Waals surface area contributed by atoms with E-state index in [1.165, 1.54) is 13.2 Å². The maximum absolute atomic E-state index is 14.2. The lowest BCUT2D eigenvalue weighted by Gasteiger charge is -2.30. The Morgan fingerprint density at radius 3 is 2.92 bits per heavy atom. The predicted molar refractivity (Wildman–Crippen MR) is 132 cm³/mol. The molecule has 0 bridgehead atoms. The highest BCUT2D eigenvalue weighted by Gasteiger charge is 2.33. The van der Waals surface area contributed by atoms with Crippen molar-refractivity contribution >= 4 is 16.8 Å². The molecular weight excluding hydrogens is 459 g/mol. The summed E-state index contributed by atoms with van der Waals surface area (Å²) in [5.41, 5.74) is 3.81. The summed E-state index contributed by atoms with van der Waals surface area (Å²) in [7, 11) is 1.42. The average Bonchev–Trinajstić information content (AvgIpc) is 2.91. The molecule has 0 saturated heterocycles. The van der Waals surface area contributed by atoms with Crippen LogP contribution in [0.3, 0.4) is 0 Å². The number of hydrogen-bond donors (Lipinski definition) is 1. The molecular formula is C28H23FN4O3. The number of nitrogens with one attached hydrogen (secondary N) is 1. The topological polar surface area (TPSA) is 97.1 Å². The normalized spacial score (nSPS) is 16.7. The Kier molecular flexibility index (Phi) is 6.08. The van der Waals surface area contributed by atoms with Crippen molar-refractivity contribution in [3.8, 4) is 23.1 Å². The van der Waals surface area contributed by atoms with E-state index in [1.54, 1.807) is 42.6 Å². The molecule has 36 heavy (non-hydrogen) atoms. The molecule has 1 N–H and O–H groups in total. The number of rotatable bonds is 5. The summed E-state index contributed by atoms with van der Waals surface area (Å²) in [6.45, 7) is 2.72. The predicted octanol–water partition coefficient (Wildman–Crippen LogP) is 4.69. The van der Waals surface area contributed by atoms with Gasteiger partial charge in [0.1, 0.15) is 5.41 Å². The van der Waals surface area contributed by atoms with E-state index < -0.39 is 11.2 Å². The molecule has 8 heteroatoms. The molecule has 0 saturated carbocycles. The Balaban J connectivity index is 1.37. The van der Waals surface area contributed by atoms with E-state index in [0.29, 0.717) is 41.2 Å². The molecule has 0 spiro atoms. The first-order chi connectivity index (χ1) is 17.4. The van der Waals surface area contributed by atoms with Crippen molar-refractivity contribution in [3.05, 3.63) is 89.0 Å². The van der Waals surface area contributed by atoms with Crippen LogP contribution in [0.25, 0.3) is 22.2 Å². The number of para-hydroxylation sites is 1. The van der Waals surface area contributed by atoms with Gasteiger partial charge in [0.05, 0.1) is 49.8 Å². The van der Waals surface area contributed by atoms with Crippen LogP contribution in [0.5, 0.6) is 5.75 Å². The Morgan fingerprint density at radius 2 is 2.11 bits per heavy atom. The molecule has 5 rings (SSSR count). The summed E-state index contributed by atoms with van der Waals surface area (Å²) < 4.78 is 24.9. The van der Waals surface area contributed by atoms with E-state index in [1.807, 2.05) is 19.1 Å². The Hall–Kier alpha value is -4.35. The molecule has 7 nitrogen and oxygen atoms in total. The van der Waals surface area contributed by atoms with Gasteiger partial charge in [0.2, 0.25) is 0 Å². The SMILES string of the molecule is COc1c(F)cccc1-c1ccc2cnc(CNC(=O)c3ccc4c(c3)[C@](C)(C#N)COC4)cc2n1. The van der Waals surface area contributed by atoms with Gasteiger partial charge in [0.25, 0.3) is 5.91 Å². The van der Waals surface area contributed by atoms with Crippen molar-refractivity contribution in [2.45, 2.75) is 25.5 Å². The number of nitriles is 1. The van der Waals surface area contributed by atoms with E-state index >= 15 is 0 Å². The zero-order valence-corrected chi connectivity index (χ0v) is 19.8. The molecule has 2 aromatic carbocycles. The first-order valence-corrected chi connectivity index (χ1v) is 11.4. The molecule has 1 amide bonds. The minimum atomic E-state index is -0.794. The highest BCUT2D eigenvalue weighted by atomic mass is 19.1. The molecule has 0 radical (unpaired) electrons. The molecule has 1 aliphatic heterocycles. The fourth-order valence-electron chi connectivity index (χ4n) is 4.39. The van der Waals surface area contributed by atoms with E-state index in [0.717, 1.165) is 16.5 Å². The van der Waals surface area contributed by atoms with Crippen LogP contribution in [0, 0.1) is 17.1 Å². The summed E-state index contributed by atoms with van der Waals surface area (Å²) in [6, 6.07) is 17.8. The molecule has 1 aliphatic rings. The van der Waals surface area contributed by atoms with Gasteiger partial charge in [-0.25, -0.2) is 9.37 Å². The van der Waals surface area contributed by atoms with Crippen LogP contribution < -0.4 is 10.1 Å². The molecule has 1 atom stereocenters. The maximum atomic E-state index is 14.2. The monoisotopic (exact) mass is 482 g/mol. The molecule has 0 fully saturated rings. The molecule has 3 heterocycles. The molecule has 4 aromatic rings. The van der Waals surface area contributed by atoms with Gasteiger partial charge in [-0.2, -0.15) is 5.26 Å². The second-order valence-electron chi connectivity index (χ2n) is 8.88. The van der Waals surface area contributed by atoms with Crippen molar-refractivity contribution in [2.24, 2.45) is 0 Å². The second kappa shape index (κ2) is 9.36. The number of pyridine rings is 2. The van der Waals surface area contributed by atoms with Gasteiger partial charge in [-0.3, -0.25) is 9.78 Å². The Labute approximate surface area is 207 Å². The van der Waals surface area contributed by atoms with Crippen LogP contribution in [-0.4, -0.2) is 29.6 Å². The number of aromatic nitrogens is 2. The maximum Gasteiger partial charge on any atom is 0.251 e. The van der Waals surface area contributed by atoms with Gasteiger partial charge in [0.15, 0.2) is 11.6 Å². The van der Waals surface area contributed by atoms with Crippen LogP contribution in [0.1, 0.15) is 34.1 Å². The summed E-state index contributed by atoms with van der Waals surface area (Å²) in [4.78, 5) is 22.0. The van der Waals surface area contributed by atoms with Gasteiger partial charge in [0, 0.05) is 22.7 Å². The van der Waals surface area contributed by atoms with Crippen molar-refractivity contribution in [1.82, 2.24) is 15.3 Å². The molecule has 0 aliphatic carbocycles. The van der Waals surface area contributed by atoms with E-state index in [2.05, 4.69) is 21.4 Å². The lowest BCUT2D eigenvalue weighted by atomic mass is 9.79. The van der Waals surface area contributed by atoms with Crippen LogP contribution in [0.2, 0.25) is 0 Å². The molecule has 2 aromatic heterocycles. The lowest BCUT2D eigenvalue weighted by molar-refractivity contribution is 0.0757. The fraction of sp³-hybridized carbons (Fsp3) is 0.214. The zero-order chi connectivity index (χ0) is 25.3. The lowest BCUT2D eigenvalue weighted by Crippen LogP contribution is -2.33.